The van der Waals surface area contributed by atoms with E-state index in [1.54, 1.807) is 0 Å². The third-order valence-electron chi connectivity index (χ3n) is 2.75. The Balaban J connectivity index is 3.63. The Morgan fingerprint density at radius 3 is 2.32 bits per heavy atom. The summed E-state index contributed by atoms with van der Waals surface area (Å²) in [5.74, 6) is 0.726. The molecule has 19 heavy (non-hydrogen) atoms. The fraction of sp³-hybridized carbons (Fsp3) is 0.867. The standard InChI is InChI=1S/C15H28O4/c1-5-18-8-9-19-15(17)7-6-13(4)11-14(16)10-12(2)3/h12-13H,5-11H2,1-4H3. The van der Waals surface area contributed by atoms with Gasteiger partial charge in [0.1, 0.15) is 12.4 Å². The van der Waals surface area contributed by atoms with Gasteiger partial charge in [0.05, 0.1) is 6.61 Å². The molecule has 0 aliphatic rings. The average Bonchev–Trinajstić information content (AvgIpc) is 2.31. The fourth-order valence-corrected chi connectivity index (χ4v) is 1.82. The van der Waals surface area contributed by atoms with Crippen LogP contribution in [0.1, 0.15) is 53.4 Å². The Labute approximate surface area is 116 Å². The van der Waals surface area contributed by atoms with Crippen molar-refractivity contribution in [1.29, 1.82) is 0 Å². The van der Waals surface area contributed by atoms with Crippen LogP contribution in [0.15, 0.2) is 0 Å². The number of esters is 1. The van der Waals surface area contributed by atoms with Crippen molar-refractivity contribution in [2.45, 2.75) is 53.4 Å². The third kappa shape index (κ3) is 11.9. The number of rotatable bonds is 11. The molecule has 0 saturated carbocycles. The number of hydrogen-bond donors (Lipinski definition) is 0. The molecule has 4 nitrogen and oxygen atoms in total. The van der Waals surface area contributed by atoms with Gasteiger partial charge in [0.25, 0.3) is 0 Å². The number of hydrogen-bond acceptors (Lipinski definition) is 4. The van der Waals surface area contributed by atoms with Crippen molar-refractivity contribution < 1.29 is 19.1 Å². The molecule has 0 fully saturated rings. The molecule has 0 radical (unpaired) electrons. The molecule has 0 aliphatic heterocycles. The molecule has 0 N–H and O–H groups in total. The first-order valence-corrected chi connectivity index (χ1v) is 7.20. The normalized spacial score (nSPS) is 12.5. The number of carbonyl (C=O) groups excluding carboxylic acids is 2. The molecule has 112 valence electrons. The molecule has 0 aromatic carbocycles. The van der Waals surface area contributed by atoms with E-state index < -0.39 is 0 Å². The number of carbonyl (C=O) groups is 2. The molecule has 0 heterocycles. The molecule has 4 heteroatoms. The van der Waals surface area contributed by atoms with Crippen molar-refractivity contribution in [2.75, 3.05) is 19.8 Å². The minimum absolute atomic E-state index is 0.206. The Morgan fingerprint density at radius 2 is 1.74 bits per heavy atom. The van der Waals surface area contributed by atoms with Crippen LogP contribution in [0.5, 0.6) is 0 Å². The largest absolute Gasteiger partial charge is 0.463 e. The van der Waals surface area contributed by atoms with Gasteiger partial charge in [-0.2, -0.15) is 0 Å². The molecular weight excluding hydrogens is 244 g/mol. The average molecular weight is 272 g/mol. The summed E-state index contributed by atoms with van der Waals surface area (Å²) < 4.78 is 10.1. The monoisotopic (exact) mass is 272 g/mol. The summed E-state index contributed by atoms with van der Waals surface area (Å²) in [7, 11) is 0. The first-order chi connectivity index (χ1) is 8.95. The SMILES string of the molecule is CCOCCOC(=O)CCC(C)CC(=O)CC(C)C. The lowest BCUT2D eigenvalue weighted by Crippen LogP contribution is -2.13. The zero-order valence-electron chi connectivity index (χ0n) is 12.7. The zero-order chi connectivity index (χ0) is 14.7. The second-order valence-corrected chi connectivity index (χ2v) is 5.40. The topological polar surface area (TPSA) is 52.6 Å². The van der Waals surface area contributed by atoms with Gasteiger partial charge < -0.3 is 9.47 Å². The summed E-state index contributed by atoms with van der Waals surface area (Å²) in [6, 6.07) is 0. The summed E-state index contributed by atoms with van der Waals surface area (Å²) in [5.41, 5.74) is 0. The van der Waals surface area contributed by atoms with Crippen LogP contribution < -0.4 is 0 Å². The maximum atomic E-state index is 11.6. The van der Waals surface area contributed by atoms with Gasteiger partial charge in [-0.15, -0.1) is 0 Å². The first kappa shape index (κ1) is 18.1. The van der Waals surface area contributed by atoms with Crippen LogP contribution in [0.2, 0.25) is 0 Å². The van der Waals surface area contributed by atoms with E-state index in [1.165, 1.54) is 0 Å². The van der Waals surface area contributed by atoms with Gasteiger partial charge in [0.2, 0.25) is 0 Å². The van der Waals surface area contributed by atoms with E-state index in [-0.39, 0.29) is 17.7 Å². The predicted octanol–water partition coefficient (Wildman–Crippen LogP) is 2.99. The van der Waals surface area contributed by atoms with E-state index in [2.05, 4.69) is 0 Å². The van der Waals surface area contributed by atoms with Crippen molar-refractivity contribution in [3.8, 4) is 0 Å². The van der Waals surface area contributed by atoms with E-state index in [0.29, 0.717) is 51.4 Å². The molecular formula is C15H28O4. The van der Waals surface area contributed by atoms with Crippen molar-refractivity contribution >= 4 is 11.8 Å². The Bertz CT molecular complexity index is 261. The number of ketones is 1. The van der Waals surface area contributed by atoms with Crippen LogP contribution in [-0.2, 0) is 19.1 Å². The number of ether oxygens (including phenoxy) is 2. The maximum absolute atomic E-state index is 11.6. The lowest BCUT2D eigenvalue weighted by molar-refractivity contribution is -0.145. The highest BCUT2D eigenvalue weighted by Crippen LogP contribution is 2.14. The van der Waals surface area contributed by atoms with Crippen LogP contribution in [-0.4, -0.2) is 31.6 Å². The van der Waals surface area contributed by atoms with Gasteiger partial charge in [-0.25, -0.2) is 0 Å². The molecule has 0 aromatic heterocycles. The van der Waals surface area contributed by atoms with Gasteiger partial charge in [-0.1, -0.05) is 20.8 Å². The zero-order valence-corrected chi connectivity index (χ0v) is 12.7. The van der Waals surface area contributed by atoms with E-state index >= 15 is 0 Å². The summed E-state index contributed by atoms with van der Waals surface area (Å²) in [6.45, 7) is 9.38. The fourth-order valence-electron chi connectivity index (χ4n) is 1.82. The second kappa shape index (κ2) is 11.0. The van der Waals surface area contributed by atoms with Gasteiger partial charge in [-0.05, 0) is 25.2 Å². The summed E-state index contributed by atoms with van der Waals surface area (Å²) in [5, 5.41) is 0. The second-order valence-electron chi connectivity index (χ2n) is 5.40. The Morgan fingerprint density at radius 1 is 1.05 bits per heavy atom. The summed E-state index contributed by atoms with van der Waals surface area (Å²) in [4.78, 5) is 23.0. The molecule has 0 rings (SSSR count). The van der Waals surface area contributed by atoms with Crippen LogP contribution in [0, 0.1) is 11.8 Å². The minimum Gasteiger partial charge on any atom is -0.463 e. The Kier molecular flexibility index (Phi) is 10.5. The van der Waals surface area contributed by atoms with Gasteiger partial charge in [-0.3, -0.25) is 9.59 Å². The summed E-state index contributed by atoms with van der Waals surface area (Å²) >= 11 is 0. The number of Topliss-reactive ketones (excluding diaryl/α,β-unsaturated/α-hetero) is 1. The van der Waals surface area contributed by atoms with E-state index in [0.717, 1.165) is 0 Å². The highest BCUT2D eigenvalue weighted by molar-refractivity contribution is 5.78. The highest BCUT2D eigenvalue weighted by Gasteiger charge is 2.13. The van der Waals surface area contributed by atoms with E-state index in [9.17, 15) is 9.59 Å². The molecule has 0 spiro atoms. The van der Waals surface area contributed by atoms with Crippen LogP contribution >= 0.6 is 0 Å². The Hall–Kier alpha value is -0.900. The van der Waals surface area contributed by atoms with Crippen molar-refractivity contribution in [3.05, 3.63) is 0 Å². The molecule has 0 saturated heterocycles. The third-order valence-corrected chi connectivity index (χ3v) is 2.75. The quantitative estimate of drug-likeness (QED) is 0.428. The minimum atomic E-state index is -0.206. The van der Waals surface area contributed by atoms with Gasteiger partial charge in [0.15, 0.2) is 0 Å². The molecule has 0 aromatic rings. The van der Waals surface area contributed by atoms with Crippen LogP contribution in [0.25, 0.3) is 0 Å². The van der Waals surface area contributed by atoms with E-state index in [4.69, 9.17) is 9.47 Å². The van der Waals surface area contributed by atoms with Crippen molar-refractivity contribution in [3.63, 3.8) is 0 Å². The molecule has 0 aliphatic carbocycles. The summed E-state index contributed by atoms with van der Waals surface area (Å²) in [6.07, 6.45) is 2.27. The van der Waals surface area contributed by atoms with Gasteiger partial charge >= 0.3 is 5.97 Å². The lowest BCUT2D eigenvalue weighted by atomic mass is 9.95. The maximum Gasteiger partial charge on any atom is 0.305 e. The molecule has 1 atom stereocenters. The lowest BCUT2D eigenvalue weighted by Gasteiger charge is -2.11. The van der Waals surface area contributed by atoms with Crippen LogP contribution in [0.3, 0.4) is 0 Å². The van der Waals surface area contributed by atoms with Crippen molar-refractivity contribution in [2.24, 2.45) is 11.8 Å². The highest BCUT2D eigenvalue weighted by atomic mass is 16.6. The van der Waals surface area contributed by atoms with E-state index in [1.807, 2.05) is 27.7 Å². The molecule has 0 amide bonds. The van der Waals surface area contributed by atoms with Crippen LogP contribution in [0.4, 0.5) is 0 Å². The smallest absolute Gasteiger partial charge is 0.305 e. The molecule has 1 unspecified atom stereocenters. The predicted molar refractivity (Wildman–Crippen MR) is 74.9 cm³/mol. The van der Waals surface area contributed by atoms with Gasteiger partial charge in [0, 0.05) is 25.9 Å². The first-order valence-electron chi connectivity index (χ1n) is 7.20. The molecule has 0 bridgehead atoms. The van der Waals surface area contributed by atoms with Crippen molar-refractivity contribution in [1.82, 2.24) is 0 Å².